The fraction of sp³-hybridized carbons (Fsp3) is 0.269. The van der Waals surface area contributed by atoms with Crippen LogP contribution in [0.2, 0.25) is 0 Å². The molecule has 0 spiro atoms. The molecule has 1 aliphatic carbocycles. The van der Waals surface area contributed by atoms with E-state index in [2.05, 4.69) is 20.5 Å². The second-order valence-electron chi connectivity index (χ2n) is 8.67. The molecule has 1 fully saturated rings. The van der Waals surface area contributed by atoms with Gasteiger partial charge in [-0.2, -0.15) is 0 Å². The summed E-state index contributed by atoms with van der Waals surface area (Å²) in [6, 6.07) is 18.2. The normalized spacial score (nSPS) is 14.2. The van der Waals surface area contributed by atoms with E-state index < -0.39 is 10.8 Å². The Kier molecular flexibility index (Phi) is 6.15. The fourth-order valence-electron chi connectivity index (χ4n) is 4.27. The molecule has 0 radical (unpaired) electrons. The number of para-hydroxylation sites is 2. The molecule has 5 rings (SSSR count). The van der Waals surface area contributed by atoms with Crippen LogP contribution in [-0.2, 0) is 28.7 Å². The first-order valence-electron chi connectivity index (χ1n) is 11.3. The van der Waals surface area contributed by atoms with Gasteiger partial charge < -0.3 is 14.4 Å². The number of nitrogens with zero attached hydrogens (tertiary/aromatic N) is 5. The maximum Gasteiger partial charge on any atom is 0.214 e. The lowest BCUT2D eigenvalue weighted by atomic mass is 10.2. The molecule has 2 aromatic carbocycles. The highest BCUT2D eigenvalue weighted by molar-refractivity contribution is 7.84. The van der Waals surface area contributed by atoms with Crippen molar-refractivity contribution >= 4 is 39.6 Å². The number of benzene rings is 2. The number of aromatic nitrogens is 3. The number of rotatable bonds is 9. The predicted molar refractivity (Wildman–Crippen MR) is 136 cm³/mol. The summed E-state index contributed by atoms with van der Waals surface area (Å²) in [4.78, 5) is 25.8. The highest BCUT2D eigenvalue weighted by Gasteiger charge is 2.31. The summed E-state index contributed by atoms with van der Waals surface area (Å²) in [6.45, 7) is 1.21. The van der Waals surface area contributed by atoms with Gasteiger partial charge >= 0.3 is 0 Å². The van der Waals surface area contributed by atoms with E-state index in [0.717, 1.165) is 57.9 Å². The average Bonchev–Trinajstić information content (AvgIpc) is 3.63. The lowest BCUT2D eigenvalue weighted by molar-refractivity contribution is -0.107. The molecule has 1 unspecified atom stereocenters. The molecule has 8 heteroatoms. The summed E-state index contributed by atoms with van der Waals surface area (Å²) in [5.74, 6) is 0.922. The van der Waals surface area contributed by atoms with E-state index in [4.69, 9.17) is 4.98 Å². The third-order valence-corrected chi connectivity index (χ3v) is 7.17. The zero-order valence-electron chi connectivity index (χ0n) is 19.3. The Balaban J connectivity index is 1.48. The maximum absolute atomic E-state index is 11.8. The minimum absolute atomic E-state index is 0.275. The third kappa shape index (κ3) is 4.46. The summed E-state index contributed by atoms with van der Waals surface area (Å²) in [7, 11) is 1.01. The summed E-state index contributed by atoms with van der Waals surface area (Å²) < 4.78 is 14.0. The summed E-state index contributed by atoms with van der Waals surface area (Å²) in [6.07, 6.45) is 8.22. The number of hydrogen-bond donors (Lipinski definition) is 0. The number of amides is 1. The van der Waals surface area contributed by atoms with Gasteiger partial charge in [0.25, 0.3) is 0 Å². The molecule has 0 bridgehead atoms. The van der Waals surface area contributed by atoms with Gasteiger partial charge in [0.05, 0.1) is 35.1 Å². The second-order valence-corrected chi connectivity index (χ2v) is 10.0. The maximum atomic E-state index is 11.8. The van der Waals surface area contributed by atoms with E-state index >= 15 is 0 Å². The Morgan fingerprint density at radius 2 is 1.85 bits per heavy atom. The molecule has 0 aliphatic heterocycles. The van der Waals surface area contributed by atoms with Crippen LogP contribution >= 0.6 is 0 Å². The van der Waals surface area contributed by atoms with Gasteiger partial charge in [0, 0.05) is 47.8 Å². The van der Waals surface area contributed by atoms with Crippen LogP contribution in [0.4, 0.5) is 11.4 Å². The van der Waals surface area contributed by atoms with E-state index in [1.54, 1.807) is 12.5 Å². The van der Waals surface area contributed by atoms with Crippen molar-refractivity contribution in [3.63, 3.8) is 0 Å². The summed E-state index contributed by atoms with van der Waals surface area (Å²) in [5, 5.41) is 0. The molecule has 34 heavy (non-hydrogen) atoms. The van der Waals surface area contributed by atoms with Crippen molar-refractivity contribution in [3.8, 4) is 0 Å². The summed E-state index contributed by atoms with van der Waals surface area (Å²) in [5.41, 5.74) is 4.89. The molecular weight excluding hydrogens is 446 g/mol. The minimum atomic E-state index is -0.998. The fourth-order valence-corrected chi connectivity index (χ4v) is 4.79. The molecule has 1 aliphatic rings. The van der Waals surface area contributed by atoms with Crippen molar-refractivity contribution in [3.05, 3.63) is 78.4 Å². The van der Waals surface area contributed by atoms with Gasteiger partial charge in [-0.3, -0.25) is 14.0 Å². The molecule has 4 aromatic rings. The first-order valence-corrected chi connectivity index (χ1v) is 12.9. The van der Waals surface area contributed by atoms with Crippen molar-refractivity contribution in [2.45, 2.75) is 36.9 Å². The minimum Gasteiger partial charge on any atom is -0.364 e. The number of imidazole rings is 1. The zero-order chi connectivity index (χ0) is 23.7. The Hall–Kier alpha value is -3.52. The second kappa shape index (κ2) is 9.38. The molecule has 1 atom stereocenters. The van der Waals surface area contributed by atoms with Gasteiger partial charge in [0.2, 0.25) is 6.41 Å². The van der Waals surface area contributed by atoms with Crippen LogP contribution in [0.5, 0.6) is 0 Å². The van der Waals surface area contributed by atoms with Gasteiger partial charge in [-0.25, -0.2) is 4.98 Å². The van der Waals surface area contributed by atoms with Crippen molar-refractivity contribution in [2.75, 3.05) is 23.1 Å². The number of anilines is 2. The first-order chi connectivity index (χ1) is 16.5. The van der Waals surface area contributed by atoms with Crippen molar-refractivity contribution in [2.24, 2.45) is 0 Å². The highest BCUT2D eigenvalue weighted by atomic mass is 32.2. The first kappa shape index (κ1) is 22.3. The smallest absolute Gasteiger partial charge is 0.214 e. The van der Waals surface area contributed by atoms with Crippen molar-refractivity contribution in [1.29, 1.82) is 0 Å². The van der Waals surface area contributed by atoms with Crippen LogP contribution in [0.25, 0.3) is 11.0 Å². The lowest BCUT2D eigenvalue weighted by Gasteiger charge is -2.26. The van der Waals surface area contributed by atoms with Gasteiger partial charge in [-0.05, 0) is 48.7 Å². The number of pyridine rings is 1. The van der Waals surface area contributed by atoms with Crippen LogP contribution in [-0.4, -0.2) is 44.5 Å². The van der Waals surface area contributed by atoms with Gasteiger partial charge in [0.1, 0.15) is 5.82 Å². The van der Waals surface area contributed by atoms with Crippen LogP contribution < -0.4 is 9.80 Å². The Bertz CT molecular complexity index is 1350. The van der Waals surface area contributed by atoms with E-state index in [9.17, 15) is 9.00 Å². The predicted octanol–water partition coefficient (Wildman–Crippen LogP) is 3.98. The number of hydrogen-bond acceptors (Lipinski definition) is 5. The lowest BCUT2D eigenvalue weighted by Crippen LogP contribution is -2.27. The van der Waals surface area contributed by atoms with Gasteiger partial charge in [-0.1, -0.05) is 24.3 Å². The van der Waals surface area contributed by atoms with Crippen LogP contribution in [0.1, 0.15) is 24.2 Å². The van der Waals surface area contributed by atoms with E-state index in [1.807, 2.05) is 66.7 Å². The van der Waals surface area contributed by atoms with Gasteiger partial charge in [-0.15, -0.1) is 0 Å². The molecule has 2 heterocycles. The monoisotopic (exact) mass is 473 g/mol. The Morgan fingerprint density at radius 1 is 1.09 bits per heavy atom. The van der Waals surface area contributed by atoms with Crippen molar-refractivity contribution < 1.29 is 9.00 Å². The number of carbonyl (C=O) groups is 1. The Morgan fingerprint density at radius 3 is 2.56 bits per heavy atom. The van der Waals surface area contributed by atoms with Crippen LogP contribution in [0.3, 0.4) is 0 Å². The molecule has 1 amide bonds. The molecule has 7 nitrogen and oxygen atoms in total. The number of carbonyl (C=O) groups excluding carboxylic acids is 1. The number of fused-ring (bicyclic) bond motifs is 1. The topological polar surface area (TPSA) is 71.3 Å². The Labute approximate surface area is 201 Å². The largest absolute Gasteiger partial charge is 0.364 e. The summed E-state index contributed by atoms with van der Waals surface area (Å²) >= 11 is 0. The standard InChI is InChI=1S/C26H27N5O2S/c1-29(25-15-27-14-13-24(25)31(18-32)20-9-10-20)17-26-28-22-5-3-4-6-23(22)30(26)16-19-7-11-21(12-8-19)34(2)33/h3-8,11-15,18,20H,9-10,16-17H2,1-2H3. The average molecular weight is 474 g/mol. The molecule has 0 N–H and O–H groups in total. The van der Waals surface area contributed by atoms with Gasteiger partial charge in [0.15, 0.2) is 0 Å². The highest BCUT2D eigenvalue weighted by Crippen LogP contribution is 2.36. The molecule has 174 valence electrons. The molecule has 2 aromatic heterocycles. The third-order valence-electron chi connectivity index (χ3n) is 6.23. The molecular formula is C26H27N5O2S. The van der Waals surface area contributed by atoms with E-state index in [0.29, 0.717) is 13.1 Å². The van der Waals surface area contributed by atoms with Crippen molar-refractivity contribution in [1.82, 2.24) is 14.5 Å². The van der Waals surface area contributed by atoms with Crippen LogP contribution in [0, 0.1) is 0 Å². The molecule has 1 saturated carbocycles. The SMILES string of the molecule is CN(Cc1nc2ccccc2n1Cc1ccc(S(C)=O)cc1)c1cnccc1N(C=O)C1CC1. The van der Waals surface area contributed by atoms with E-state index in [1.165, 1.54) is 0 Å². The van der Waals surface area contributed by atoms with Crippen LogP contribution in [0.15, 0.2) is 71.9 Å². The quantitative estimate of drug-likeness (QED) is 0.344. The zero-order valence-corrected chi connectivity index (χ0v) is 20.1. The molecule has 0 saturated heterocycles. The van der Waals surface area contributed by atoms with E-state index in [-0.39, 0.29) is 6.04 Å².